The van der Waals surface area contributed by atoms with E-state index in [4.69, 9.17) is 0 Å². The van der Waals surface area contributed by atoms with E-state index in [1.54, 1.807) is 0 Å². The van der Waals surface area contributed by atoms with Gasteiger partial charge in [0.15, 0.2) is 0 Å². The van der Waals surface area contributed by atoms with E-state index in [-0.39, 0.29) is 0 Å². The van der Waals surface area contributed by atoms with Crippen molar-refractivity contribution in [1.29, 1.82) is 0 Å². The van der Waals surface area contributed by atoms with Gasteiger partial charge in [-0.15, -0.1) is 0 Å². The Morgan fingerprint density at radius 3 is 2.67 bits per heavy atom. The van der Waals surface area contributed by atoms with E-state index in [9.17, 15) is 0 Å². The van der Waals surface area contributed by atoms with Crippen molar-refractivity contribution in [3.8, 4) is 0 Å². The van der Waals surface area contributed by atoms with Gasteiger partial charge in [0.1, 0.15) is 0 Å². The molecule has 0 spiro atoms. The van der Waals surface area contributed by atoms with Crippen molar-refractivity contribution >= 4 is 29.5 Å². The Hall–Kier alpha value is 0.687. The average molecular weight is 94.1 g/mol. The standard InChI is InChI=1S/C4H7S.Li/c1-3-4-5-2;/h3H,1-2,4H2;. The third kappa shape index (κ3) is 4.69. The van der Waals surface area contributed by atoms with Gasteiger partial charge in [0, 0.05) is 0 Å². The summed E-state index contributed by atoms with van der Waals surface area (Å²) in [7, 11) is 0. The molecule has 0 aromatic heterocycles. The Bertz CT molecular complexity index is 36.5. The Morgan fingerprint density at radius 2 is 2.50 bits per heavy atom. The van der Waals surface area contributed by atoms with E-state index in [1.807, 2.05) is 17.8 Å². The van der Waals surface area contributed by atoms with Crippen molar-refractivity contribution in [2.75, 3.05) is 10.2 Å². The fourth-order valence-electron chi connectivity index (χ4n) is 0.201. The first-order chi connectivity index (χ1) is 2.91. The fraction of sp³-hybridized carbons (Fsp3) is 0.500. The third-order valence-corrected chi connectivity index (χ3v) is 1.32. The quantitative estimate of drug-likeness (QED) is 0.286. The first-order valence-electron chi connectivity index (χ1n) is 2.10. The molecule has 0 aromatic carbocycles. The van der Waals surface area contributed by atoms with Crippen LogP contribution in [0.5, 0.6) is 0 Å². The SMILES string of the molecule is [Li][CH2]SCC=C. The van der Waals surface area contributed by atoms with Crippen LogP contribution in [-0.4, -0.2) is 27.9 Å². The molecule has 0 aliphatic rings. The summed E-state index contributed by atoms with van der Waals surface area (Å²) in [5, 5.41) is 0. The summed E-state index contributed by atoms with van der Waals surface area (Å²) >= 11 is 4.04. The van der Waals surface area contributed by atoms with E-state index >= 15 is 0 Å². The topological polar surface area (TPSA) is 0 Å². The van der Waals surface area contributed by atoms with Crippen molar-refractivity contribution in [2.24, 2.45) is 0 Å². The molecule has 0 nitrogen and oxygen atoms in total. The molecule has 0 unspecified atom stereocenters. The molecule has 0 atom stereocenters. The van der Waals surface area contributed by atoms with Crippen molar-refractivity contribution in [3.05, 3.63) is 12.7 Å². The Morgan fingerprint density at radius 1 is 1.83 bits per heavy atom. The molecule has 0 aromatic rings. The van der Waals surface area contributed by atoms with E-state index in [2.05, 4.69) is 24.3 Å². The van der Waals surface area contributed by atoms with Gasteiger partial charge in [0.2, 0.25) is 0 Å². The molecule has 6 heavy (non-hydrogen) atoms. The van der Waals surface area contributed by atoms with Crippen LogP contribution in [0.2, 0.25) is 0 Å². The van der Waals surface area contributed by atoms with E-state index in [0.717, 1.165) is 5.75 Å². The maximum atomic E-state index is 3.58. The second kappa shape index (κ2) is 5.69. The predicted octanol–water partition coefficient (Wildman–Crippen LogP) is 1.03. The van der Waals surface area contributed by atoms with Crippen LogP contribution in [0.4, 0.5) is 0 Å². The molecule has 0 saturated carbocycles. The molecule has 0 amide bonds. The van der Waals surface area contributed by atoms with Gasteiger partial charge in [-0.05, 0) is 0 Å². The number of hydrogen-bond donors (Lipinski definition) is 0. The first-order valence-corrected chi connectivity index (χ1v) is 3.26. The van der Waals surface area contributed by atoms with Crippen LogP contribution in [0.1, 0.15) is 0 Å². The van der Waals surface area contributed by atoms with Crippen molar-refractivity contribution in [1.82, 2.24) is 0 Å². The van der Waals surface area contributed by atoms with Crippen LogP contribution in [0, 0.1) is 0 Å². The number of hydrogen-bond acceptors (Lipinski definition) is 1. The van der Waals surface area contributed by atoms with Gasteiger partial charge in [-0.3, -0.25) is 0 Å². The van der Waals surface area contributed by atoms with Crippen LogP contribution < -0.4 is 0 Å². The summed E-state index contributed by atoms with van der Waals surface area (Å²) in [6.07, 6.45) is 1.92. The van der Waals surface area contributed by atoms with E-state index in [0.29, 0.717) is 0 Å². The normalized spacial score (nSPS) is 8.33. The van der Waals surface area contributed by atoms with Gasteiger partial charge < -0.3 is 0 Å². The summed E-state index contributed by atoms with van der Waals surface area (Å²) in [6.45, 7) is 3.58. The monoisotopic (exact) mass is 94.0 g/mol. The van der Waals surface area contributed by atoms with Crippen molar-refractivity contribution in [2.45, 2.75) is 0 Å². The number of thioether (sulfide) groups is 1. The molecule has 0 rings (SSSR count). The van der Waals surface area contributed by atoms with E-state index in [1.165, 1.54) is 4.43 Å². The molecular formula is C4H7LiS. The second-order valence-electron chi connectivity index (χ2n) is 0.948. The second-order valence-corrected chi connectivity index (χ2v) is 2.27. The molecule has 0 radical (unpaired) electrons. The molecule has 0 fully saturated rings. The summed E-state index contributed by atoms with van der Waals surface area (Å²) < 4.78 is 1.20. The van der Waals surface area contributed by atoms with Crippen LogP contribution in [0.3, 0.4) is 0 Å². The zero-order valence-corrected chi connectivity index (χ0v) is 4.92. The molecule has 0 bridgehead atoms. The molecular weight excluding hydrogens is 87.1 g/mol. The maximum absolute atomic E-state index is 3.58. The van der Waals surface area contributed by atoms with Gasteiger partial charge in [0.05, 0.1) is 0 Å². The molecule has 0 aliphatic carbocycles. The number of rotatable bonds is 3. The summed E-state index contributed by atoms with van der Waals surface area (Å²) in [6, 6.07) is 0. The molecule has 0 aliphatic heterocycles. The zero-order valence-electron chi connectivity index (χ0n) is 4.11. The fourth-order valence-corrected chi connectivity index (χ4v) is 0.604. The molecule has 0 saturated heterocycles. The van der Waals surface area contributed by atoms with Gasteiger partial charge in [-0.1, -0.05) is 0 Å². The Kier molecular flexibility index (Phi) is 6.34. The van der Waals surface area contributed by atoms with Crippen LogP contribution in [0.25, 0.3) is 0 Å². The summed E-state index contributed by atoms with van der Waals surface area (Å²) in [4.78, 5) is 0. The first kappa shape index (κ1) is 6.69. The minimum atomic E-state index is 1.09. The van der Waals surface area contributed by atoms with Crippen LogP contribution >= 0.6 is 11.8 Å². The Labute approximate surface area is 52.6 Å². The van der Waals surface area contributed by atoms with Crippen LogP contribution in [0.15, 0.2) is 12.7 Å². The summed E-state index contributed by atoms with van der Waals surface area (Å²) in [5.74, 6) is 1.09. The van der Waals surface area contributed by atoms with Crippen molar-refractivity contribution in [3.63, 3.8) is 0 Å². The van der Waals surface area contributed by atoms with E-state index < -0.39 is 0 Å². The Balaban J connectivity index is 2.49. The minimum absolute atomic E-state index is 1.09. The molecule has 30 valence electrons. The molecule has 0 N–H and O–H groups in total. The van der Waals surface area contributed by atoms with Crippen molar-refractivity contribution < 1.29 is 0 Å². The van der Waals surface area contributed by atoms with Crippen LogP contribution in [-0.2, 0) is 0 Å². The molecule has 0 heterocycles. The zero-order chi connectivity index (χ0) is 4.83. The predicted molar refractivity (Wildman–Crippen MR) is 33.3 cm³/mol. The van der Waals surface area contributed by atoms with Gasteiger partial charge >= 0.3 is 52.3 Å². The van der Waals surface area contributed by atoms with Gasteiger partial charge in [-0.25, -0.2) is 0 Å². The van der Waals surface area contributed by atoms with Gasteiger partial charge in [0.25, 0.3) is 0 Å². The van der Waals surface area contributed by atoms with Gasteiger partial charge in [-0.2, -0.15) is 0 Å². The third-order valence-electron chi connectivity index (χ3n) is 0.440. The average Bonchev–Trinajstić information content (AvgIpc) is 1.61. The summed E-state index contributed by atoms with van der Waals surface area (Å²) in [5.41, 5.74) is 0. The molecule has 2 heteroatoms.